The number of benzene rings is 1. The van der Waals surface area contributed by atoms with Crippen molar-refractivity contribution in [1.82, 2.24) is 10.6 Å². The molecule has 2 aliphatic heterocycles. The number of aliphatic carboxylic acids is 1. The van der Waals surface area contributed by atoms with Crippen LogP contribution < -0.4 is 10.6 Å². The molecule has 2 aliphatic rings. The summed E-state index contributed by atoms with van der Waals surface area (Å²) in [5, 5.41) is 15.5. The van der Waals surface area contributed by atoms with Crippen molar-refractivity contribution in [1.29, 1.82) is 0 Å². The van der Waals surface area contributed by atoms with Crippen molar-refractivity contribution in [2.24, 2.45) is 0 Å². The Labute approximate surface area is 126 Å². The summed E-state index contributed by atoms with van der Waals surface area (Å²) in [6, 6.07) is 5.98. The van der Waals surface area contributed by atoms with Crippen LogP contribution in [0.5, 0.6) is 0 Å². The molecule has 6 heteroatoms. The molecule has 0 amide bonds. The lowest BCUT2D eigenvalue weighted by Gasteiger charge is -2.33. The van der Waals surface area contributed by atoms with Crippen molar-refractivity contribution in [2.45, 2.75) is 12.8 Å². The van der Waals surface area contributed by atoms with E-state index in [-0.39, 0.29) is 23.5 Å². The first-order valence-electron chi connectivity index (χ1n) is 6.93. The topological polar surface area (TPSA) is 78.4 Å². The number of hydrogen-bond donors (Lipinski definition) is 3. The van der Waals surface area contributed by atoms with Gasteiger partial charge in [-0.1, -0.05) is 18.2 Å². The van der Waals surface area contributed by atoms with Crippen LogP contribution in [0.15, 0.2) is 46.8 Å². The van der Waals surface area contributed by atoms with E-state index in [1.807, 2.05) is 0 Å². The molecule has 1 aromatic carbocycles. The summed E-state index contributed by atoms with van der Waals surface area (Å²) in [6.07, 6.45) is 0. The fraction of sp³-hybridized carbons (Fsp3) is 0.250. The zero-order valence-corrected chi connectivity index (χ0v) is 11.9. The number of rotatable bonds is 2. The molecule has 0 aliphatic carbocycles. The van der Waals surface area contributed by atoms with Gasteiger partial charge in [0.2, 0.25) is 0 Å². The van der Waals surface area contributed by atoms with Gasteiger partial charge in [-0.2, -0.15) is 0 Å². The third-order valence-electron chi connectivity index (χ3n) is 3.98. The second-order valence-electron chi connectivity index (χ2n) is 5.34. The van der Waals surface area contributed by atoms with Crippen LogP contribution in [0.25, 0.3) is 0 Å². The van der Waals surface area contributed by atoms with E-state index in [1.54, 1.807) is 13.0 Å². The summed E-state index contributed by atoms with van der Waals surface area (Å²) >= 11 is 0. The number of halogens is 1. The van der Waals surface area contributed by atoms with Crippen molar-refractivity contribution >= 4 is 11.8 Å². The maximum absolute atomic E-state index is 14.2. The lowest BCUT2D eigenvalue weighted by molar-refractivity contribution is -0.133. The molecular formula is C16H15FN2O3. The normalized spacial score (nSPS) is 21.5. The van der Waals surface area contributed by atoms with E-state index in [1.165, 1.54) is 18.2 Å². The summed E-state index contributed by atoms with van der Waals surface area (Å²) in [6.45, 7) is 2.17. The number of allylic oxidation sites excluding steroid dienone is 1. The number of carbonyl (C=O) groups is 2. The van der Waals surface area contributed by atoms with Crippen LogP contribution >= 0.6 is 0 Å². The number of carbonyl (C=O) groups excluding carboxylic acids is 1. The van der Waals surface area contributed by atoms with Crippen LogP contribution in [0, 0.1) is 5.82 Å². The van der Waals surface area contributed by atoms with Gasteiger partial charge < -0.3 is 15.7 Å². The van der Waals surface area contributed by atoms with Gasteiger partial charge in [0.05, 0.1) is 18.0 Å². The van der Waals surface area contributed by atoms with Gasteiger partial charge in [-0.25, -0.2) is 9.18 Å². The van der Waals surface area contributed by atoms with E-state index in [9.17, 15) is 19.1 Å². The summed E-state index contributed by atoms with van der Waals surface area (Å²) in [4.78, 5) is 24.0. The van der Waals surface area contributed by atoms with Crippen LogP contribution in [0.3, 0.4) is 0 Å². The zero-order chi connectivity index (χ0) is 15.9. The first-order valence-corrected chi connectivity index (χ1v) is 6.93. The van der Waals surface area contributed by atoms with Gasteiger partial charge in [-0.15, -0.1) is 0 Å². The molecule has 5 nitrogen and oxygen atoms in total. The number of carboxylic acid groups (broad SMARTS) is 1. The highest BCUT2D eigenvalue weighted by Gasteiger charge is 2.39. The lowest BCUT2D eigenvalue weighted by atomic mass is 9.77. The van der Waals surface area contributed by atoms with Crippen molar-refractivity contribution < 1.29 is 19.1 Å². The number of nitrogens with one attached hydrogen (secondary N) is 2. The highest BCUT2D eigenvalue weighted by Crippen LogP contribution is 2.40. The van der Waals surface area contributed by atoms with Crippen LogP contribution in [0.4, 0.5) is 4.39 Å². The summed E-state index contributed by atoms with van der Waals surface area (Å²) in [5.41, 5.74) is 1.61. The van der Waals surface area contributed by atoms with Crippen LogP contribution in [0.2, 0.25) is 0 Å². The van der Waals surface area contributed by atoms with Gasteiger partial charge in [0, 0.05) is 29.1 Å². The van der Waals surface area contributed by atoms with Crippen LogP contribution in [0.1, 0.15) is 18.4 Å². The van der Waals surface area contributed by atoms with Gasteiger partial charge in [0.1, 0.15) is 5.82 Å². The van der Waals surface area contributed by atoms with Crippen molar-refractivity contribution in [2.75, 3.05) is 13.1 Å². The number of ketones is 1. The number of Topliss-reactive ketones (excluding diaryl/α,β-unsaturated/α-hetero) is 1. The monoisotopic (exact) mass is 302 g/mol. The predicted octanol–water partition coefficient (Wildman–Crippen LogP) is 1.30. The van der Waals surface area contributed by atoms with Crippen molar-refractivity contribution in [3.8, 4) is 0 Å². The molecular weight excluding hydrogens is 287 g/mol. The fourth-order valence-corrected chi connectivity index (χ4v) is 3.07. The van der Waals surface area contributed by atoms with E-state index < -0.39 is 17.7 Å². The predicted molar refractivity (Wildman–Crippen MR) is 77.5 cm³/mol. The Balaban J connectivity index is 2.24. The second kappa shape index (κ2) is 5.38. The zero-order valence-electron chi connectivity index (χ0n) is 11.9. The molecule has 0 aromatic heterocycles. The third-order valence-corrected chi connectivity index (χ3v) is 3.98. The maximum Gasteiger partial charge on any atom is 0.334 e. The van der Waals surface area contributed by atoms with Gasteiger partial charge in [0.15, 0.2) is 5.78 Å². The largest absolute Gasteiger partial charge is 0.478 e. The standard InChI is InChI=1S/C16H15FN2O3/c1-8-13(16(21)22)14(9-4-2-3-5-10(9)17)15-11(19-8)6-18-7-12(15)20/h2-5,14,18-19H,6-7H2,1H3,(H,21,22). The highest BCUT2D eigenvalue weighted by molar-refractivity contribution is 6.04. The molecule has 0 fully saturated rings. The molecule has 2 heterocycles. The SMILES string of the molecule is CC1=C(C(=O)O)C(c2ccccc2F)C2=C(CNCC2=O)N1. The smallest absolute Gasteiger partial charge is 0.334 e. The molecule has 0 saturated heterocycles. The minimum Gasteiger partial charge on any atom is -0.478 e. The van der Waals surface area contributed by atoms with Crippen molar-refractivity contribution in [3.05, 3.63) is 58.2 Å². The Morgan fingerprint density at radius 1 is 1.32 bits per heavy atom. The maximum atomic E-state index is 14.2. The second-order valence-corrected chi connectivity index (χ2v) is 5.34. The number of hydrogen-bond acceptors (Lipinski definition) is 4. The Hall–Kier alpha value is -2.47. The Morgan fingerprint density at radius 3 is 2.73 bits per heavy atom. The van der Waals surface area contributed by atoms with Gasteiger partial charge in [-0.05, 0) is 13.0 Å². The van der Waals surface area contributed by atoms with E-state index >= 15 is 0 Å². The van der Waals surface area contributed by atoms with Gasteiger partial charge in [-0.3, -0.25) is 4.79 Å². The molecule has 0 radical (unpaired) electrons. The van der Waals surface area contributed by atoms with E-state index in [0.29, 0.717) is 23.5 Å². The van der Waals surface area contributed by atoms with Crippen molar-refractivity contribution in [3.63, 3.8) is 0 Å². The molecule has 1 unspecified atom stereocenters. The van der Waals surface area contributed by atoms with Crippen LogP contribution in [-0.4, -0.2) is 29.9 Å². The lowest BCUT2D eigenvalue weighted by Crippen LogP contribution is -2.43. The Bertz CT molecular complexity index is 737. The fourth-order valence-electron chi connectivity index (χ4n) is 3.07. The van der Waals surface area contributed by atoms with Gasteiger partial charge >= 0.3 is 5.97 Å². The first-order chi connectivity index (χ1) is 10.5. The molecule has 3 rings (SSSR count). The molecule has 0 spiro atoms. The molecule has 1 atom stereocenters. The molecule has 0 bridgehead atoms. The first kappa shape index (κ1) is 14.5. The summed E-state index contributed by atoms with van der Waals surface area (Å²) in [7, 11) is 0. The molecule has 1 aromatic rings. The van der Waals surface area contributed by atoms with E-state index in [0.717, 1.165) is 0 Å². The number of dihydropyridines is 1. The highest BCUT2D eigenvalue weighted by atomic mass is 19.1. The van der Waals surface area contributed by atoms with Gasteiger partial charge in [0.25, 0.3) is 0 Å². The minimum atomic E-state index is -1.16. The van der Waals surface area contributed by atoms with E-state index in [2.05, 4.69) is 10.6 Å². The molecule has 0 saturated carbocycles. The molecule has 22 heavy (non-hydrogen) atoms. The Morgan fingerprint density at radius 2 is 2.05 bits per heavy atom. The average Bonchev–Trinajstić information content (AvgIpc) is 2.46. The third kappa shape index (κ3) is 2.21. The number of carboxylic acids is 1. The summed E-state index contributed by atoms with van der Waals surface area (Å²) < 4.78 is 14.2. The average molecular weight is 302 g/mol. The Kier molecular flexibility index (Phi) is 3.54. The van der Waals surface area contributed by atoms with Crippen LogP contribution in [-0.2, 0) is 9.59 Å². The molecule has 3 N–H and O–H groups in total. The minimum absolute atomic E-state index is 0.0131. The quantitative estimate of drug-likeness (QED) is 0.767. The van der Waals surface area contributed by atoms with E-state index in [4.69, 9.17) is 0 Å². The summed E-state index contributed by atoms with van der Waals surface area (Å²) in [5.74, 6) is -2.77. The molecule has 114 valence electrons.